The second kappa shape index (κ2) is 9.43. The minimum Gasteiger partial charge on any atom is -0.469 e. The first-order chi connectivity index (χ1) is 13.2. The first kappa shape index (κ1) is 21.5. The number of carbonyl (C=O) groups excluding carboxylic acids is 2. The fourth-order valence-electron chi connectivity index (χ4n) is 2.75. The van der Waals surface area contributed by atoms with Crippen LogP contribution >= 0.6 is 0 Å². The maximum Gasteiger partial charge on any atom is 0.416 e. The van der Waals surface area contributed by atoms with Gasteiger partial charge in [-0.25, -0.2) is 0 Å². The Labute approximate surface area is 161 Å². The van der Waals surface area contributed by atoms with Crippen molar-refractivity contribution in [3.05, 3.63) is 59.0 Å². The number of aryl methyl sites for hydroxylation is 1. The normalized spacial score (nSPS) is 11.3. The SMILES string of the molecule is CCCN(CCC(=O)NCc1cccc(C(F)(F)F)c1)C(=O)c1ccoc1C. The molecule has 8 heteroatoms. The average Bonchev–Trinajstić information content (AvgIpc) is 3.08. The standard InChI is InChI=1S/C20H23F3N2O3/c1-3-9-25(19(27)17-8-11-28-14(17)2)10-7-18(26)24-13-15-5-4-6-16(12-15)20(21,22)23/h4-6,8,11-12H,3,7,9-10,13H2,1-2H3,(H,24,26). The third kappa shape index (κ3) is 5.87. The minimum atomic E-state index is -4.42. The lowest BCUT2D eigenvalue weighted by Crippen LogP contribution is -2.35. The lowest BCUT2D eigenvalue weighted by atomic mass is 10.1. The van der Waals surface area contributed by atoms with Crippen LogP contribution in [0.25, 0.3) is 0 Å². The van der Waals surface area contributed by atoms with Crippen LogP contribution in [0.3, 0.4) is 0 Å². The molecule has 152 valence electrons. The summed E-state index contributed by atoms with van der Waals surface area (Å²) in [6.45, 7) is 4.32. The summed E-state index contributed by atoms with van der Waals surface area (Å²) in [5.41, 5.74) is 0.0611. The molecular weight excluding hydrogens is 373 g/mol. The highest BCUT2D eigenvalue weighted by atomic mass is 19.4. The lowest BCUT2D eigenvalue weighted by molar-refractivity contribution is -0.137. The van der Waals surface area contributed by atoms with Crippen LogP contribution in [0, 0.1) is 6.92 Å². The predicted octanol–water partition coefficient (Wildman–Crippen LogP) is 4.17. The van der Waals surface area contributed by atoms with Crippen molar-refractivity contribution >= 4 is 11.8 Å². The summed E-state index contributed by atoms with van der Waals surface area (Å²) in [6, 6.07) is 6.41. The quantitative estimate of drug-likeness (QED) is 0.729. The van der Waals surface area contributed by atoms with Crippen molar-refractivity contribution in [1.82, 2.24) is 10.2 Å². The molecule has 0 fully saturated rings. The van der Waals surface area contributed by atoms with Gasteiger partial charge in [0.15, 0.2) is 0 Å². The molecule has 0 bridgehead atoms. The number of nitrogens with one attached hydrogen (secondary N) is 1. The Bertz CT molecular complexity index is 815. The molecule has 0 saturated carbocycles. The van der Waals surface area contributed by atoms with Crippen LogP contribution in [-0.4, -0.2) is 29.8 Å². The molecule has 0 saturated heterocycles. The molecule has 2 amide bonds. The van der Waals surface area contributed by atoms with E-state index in [1.807, 2.05) is 6.92 Å². The van der Waals surface area contributed by atoms with Gasteiger partial charge in [0.2, 0.25) is 5.91 Å². The molecule has 1 aromatic carbocycles. The number of furan rings is 1. The van der Waals surface area contributed by atoms with Gasteiger partial charge in [0.25, 0.3) is 5.91 Å². The Morgan fingerprint density at radius 2 is 1.93 bits per heavy atom. The van der Waals surface area contributed by atoms with Crippen molar-refractivity contribution in [3.8, 4) is 0 Å². The third-order valence-corrected chi connectivity index (χ3v) is 4.22. The number of halogens is 3. The maximum absolute atomic E-state index is 12.7. The molecule has 0 radical (unpaired) electrons. The smallest absolute Gasteiger partial charge is 0.416 e. The molecule has 1 aromatic heterocycles. The highest BCUT2D eigenvalue weighted by Gasteiger charge is 2.30. The molecule has 0 unspecified atom stereocenters. The van der Waals surface area contributed by atoms with E-state index in [0.29, 0.717) is 23.4 Å². The summed E-state index contributed by atoms with van der Waals surface area (Å²) < 4.78 is 43.4. The zero-order valence-electron chi connectivity index (χ0n) is 15.8. The molecule has 0 aliphatic carbocycles. The van der Waals surface area contributed by atoms with Crippen LogP contribution in [0.1, 0.15) is 47.0 Å². The number of rotatable bonds is 8. The average molecular weight is 396 g/mol. The summed E-state index contributed by atoms with van der Waals surface area (Å²) in [4.78, 5) is 26.2. The van der Waals surface area contributed by atoms with Crippen molar-refractivity contribution in [2.45, 2.75) is 39.4 Å². The predicted molar refractivity (Wildman–Crippen MR) is 97.5 cm³/mol. The third-order valence-electron chi connectivity index (χ3n) is 4.22. The Balaban J connectivity index is 1.90. The molecule has 0 aliphatic rings. The van der Waals surface area contributed by atoms with E-state index in [9.17, 15) is 22.8 Å². The van der Waals surface area contributed by atoms with E-state index in [-0.39, 0.29) is 31.3 Å². The first-order valence-corrected chi connectivity index (χ1v) is 8.98. The van der Waals surface area contributed by atoms with E-state index in [0.717, 1.165) is 18.6 Å². The van der Waals surface area contributed by atoms with Gasteiger partial charge in [-0.1, -0.05) is 19.1 Å². The van der Waals surface area contributed by atoms with Crippen LogP contribution in [0.5, 0.6) is 0 Å². The van der Waals surface area contributed by atoms with Crippen molar-refractivity contribution in [1.29, 1.82) is 0 Å². The number of nitrogens with zero attached hydrogens (tertiary/aromatic N) is 1. The summed E-state index contributed by atoms with van der Waals surface area (Å²) in [7, 11) is 0. The van der Waals surface area contributed by atoms with Crippen LogP contribution < -0.4 is 5.32 Å². The van der Waals surface area contributed by atoms with Crippen LogP contribution in [0.15, 0.2) is 41.0 Å². The zero-order chi connectivity index (χ0) is 20.7. The van der Waals surface area contributed by atoms with Gasteiger partial charge < -0.3 is 14.6 Å². The maximum atomic E-state index is 12.7. The molecule has 1 heterocycles. The van der Waals surface area contributed by atoms with Gasteiger partial charge >= 0.3 is 6.18 Å². The number of alkyl halides is 3. The summed E-state index contributed by atoms with van der Waals surface area (Å²) in [5.74, 6) is -0.0332. The Morgan fingerprint density at radius 3 is 2.54 bits per heavy atom. The van der Waals surface area contributed by atoms with Crippen LogP contribution in [0.4, 0.5) is 13.2 Å². The molecule has 28 heavy (non-hydrogen) atoms. The Morgan fingerprint density at radius 1 is 1.18 bits per heavy atom. The highest BCUT2D eigenvalue weighted by molar-refractivity contribution is 5.95. The number of hydrogen-bond donors (Lipinski definition) is 1. The minimum absolute atomic E-state index is 0.00861. The molecular formula is C20H23F3N2O3. The fraction of sp³-hybridized carbons (Fsp3) is 0.400. The molecule has 0 aliphatic heterocycles. The summed E-state index contributed by atoms with van der Waals surface area (Å²) in [6.07, 6.45) is -2.20. The van der Waals surface area contributed by atoms with Crippen molar-refractivity contribution in [3.63, 3.8) is 0 Å². The highest BCUT2D eigenvalue weighted by Crippen LogP contribution is 2.29. The van der Waals surface area contributed by atoms with Gasteiger partial charge in [0.05, 0.1) is 17.4 Å². The van der Waals surface area contributed by atoms with Gasteiger partial charge in [-0.15, -0.1) is 0 Å². The van der Waals surface area contributed by atoms with Crippen LogP contribution in [0.2, 0.25) is 0 Å². The molecule has 5 nitrogen and oxygen atoms in total. The Kier molecular flexibility index (Phi) is 7.25. The largest absolute Gasteiger partial charge is 0.469 e. The van der Waals surface area contributed by atoms with Gasteiger partial charge in [0.1, 0.15) is 5.76 Å². The van der Waals surface area contributed by atoms with Gasteiger partial charge in [-0.2, -0.15) is 13.2 Å². The first-order valence-electron chi connectivity index (χ1n) is 8.98. The van der Waals surface area contributed by atoms with E-state index < -0.39 is 11.7 Å². The van der Waals surface area contributed by atoms with Crippen molar-refractivity contribution < 1.29 is 27.2 Å². The molecule has 0 atom stereocenters. The number of hydrogen-bond acceptors (Lipinski definition) is 3. The number of benzene rings is 1. The van der Waals surface area contributed by atoms with Crippen molar-refractivity contribution in [2.75, 3.05) is 13.1 Å². The van der Waals surface area contributed by atoms with E-state index in [1.54, 1.807) is 17.9 Å². The molecule has 2 rings (SSSR count). The second-order valence-electron chi connectivity index (χ2n) is 6.41. The number of amides is 2. The second-order valence-corrected chi connectivity index (χ2v) is 6.41. The molecule has 1 N–H and O–H groups in total. The lowest BCUT2D eigenvalue weighted by Gasteiger charge is -2.21. The monoisotopic (exact) mass is 396 g/mol. The topological polar surface area (TPSA) is 62.6 Å². The molecule has 0 spiro atoms. The van der Waals surface area contributed by atoms with E-state index in [1.165, 1.54) is 18.4 Å². The fourth-order valence-corrected chi connectivity index (χ4v) is 2.75. The van der Waals surface area contributed by atoms with E-state index in [4.69, 9.17) is 4.42 Å². The van der Waals surface area contributed by atoms with Gasteiger partial charge in [0, 0.05) is 26.1 Å². The summed E-state index contributed by atoms with van der Waals surface area (Å²) >= 11 is 0. The van der Waals surface area contributed by atoms with Gasteiger partial charge in [-0.05, 0) is 37.1 Å². The van der Waals surface area contributed by atoms with Crippen LogP contribution in [-0.2, 0) is 17.5 Å². The van der Waals surface area contributed by atoms with Crippen molar-refractivity contribution in [2.24, 2.45) is 0 Å². The number of carbonyl (C=O) groups is 2. The molecule has 2 aromatic rings. The summed E-state index contributed by atoms with van der Waals surface area (Å²) in [5, 5.41) is 2.60. The Hall–Kier alpha value is -2.77. The van der Waals surface area contributed by atoms with E-state index >= 15 is 0 Å². The van der Waals surface area contributed by atoms with Gasteiger partial charge in [-0.3, -0.25) is 9.59 Å². The van der Waals surface area contributed by atoms with E-state index in [2.05, 4.69) is 5.32 Å². The zero-order valence-corrected chi connectivity index (χ0v) is 15.8.